The van der Waals surface area contributed by atoms with Crippen molar-refractivity contribution in [3.05, 3.63) is 0 Å². The average Bonchev–Trinajstić information content (AvgIpc) is 2.09. The molecule has 0 amide bonds. The van der Waals surface area contributed by atoms with Crippen molar-refractivity contribution in [1.82, 2.24) is 10.2 Å². The third-order valence-electron chi connectivity index (χ3n) is 4.16. The molecule has 1 saturated carbocycles. The second-order valence-corrected chi connectivity index (χ2v) is 6.48. The Labute approximate surface area is 102 Å². The van der Waals surface area contributed by atoms with Gasteiger partial charge in [0, 0.05) is 21.1 Å². The van der Waals surface area contributed by atoms with Gasteiger partial charge in [0.25, 0.3) is 0 Å². The smallest absolute Gasteiger partial charge is 0.00508 e. The Hall–Kier alpha value is -0.0800. The number of hydrogen-bond donors (Lipinski definition) is 1. The molecule has 0 unspecified atom stereocenters. The summed E-state index contributed by atoms with van der Waals surface area (Å²) >= 11 is 0. The van der Waals surface area contributed by atoms with E-state index in [0.717, 1.165) is 23.8 Å². The Balaban J connectivity index is 0.00000144. The van der Waals surface area contributed by atoms with Crippen LogP contribution in [0.3, 0.4) is 0 Å². The molecule has 2 aliphatic rings. The molecule has 2 heteroatoms. The molecule has 0 atom stereocenters. The molecule has 2 fully saturated rings. The van der Waals surface area contributed by atoms with Crippen LogP contribution >= 0.6 is 0 Å². The van der Waals surface area contributed by atoms with Crippen molar-refractivity contribution in [3.63, 3.8) is 0 Å². The highest BCUT2D eigenvalue weighted by Gasteiger charge is 2.51. The first kappa shape index (κ1) is 12.4. The van der Waals surface area contributed by atoms with Crippen LogP contribution in [-0.4, -0.2) is 37.6 Å². The molecule has 0 aromatic carbocycles. The van der Waals surface area contributed by atoms with E-state index in [2.05, 4.69) is 31.0 Å². The maximum absolute atomic E-state index is 3.44. The van der Waals surface area contributed by atoms with E-state index in [-0.39, 0.29) is 1.43 Å². The molecule has 2 nitrogen and oxygen atoms in total. The molecule has 1 aliphatic carbocycles. The Morgan fingerprint density at radius 3 is 2.62 bits per heavy atom. The quantitative estimate of drug-likeness (QED) is 0.700. The fourth-order valence-corrected chi connectivity index (χ4v) is 3.66. The van der Waals surface area contributed by atoms with E-state index in [4.69, 9.17) is 0 Å². The standard InChI is InChI=1S/C14H28N2.H2/c1-4-15-6-5-13-7-14(8-13)10-16(11-14)9-12(2)3;/h12-13,15H,4-11H2,1-3H3;1H. The Kier molecular flexibility index (Phi) is 3.91. The van der Waals surface area contributed by atoms with Crippen molar-refractivity contribution in [3.8, 4) is 0 Å². The second-order valence-electron chi connectivity index (χ2n) is 6.48. The monoisotopic (exact) mass is 226 g/mol. The maximum Gasteiger partial charge on any atom is 0.00508 e. The predicted octanol–water partition coefficient (Wildman–Crippen LogP) is 2.60. The molecular formula is C14H30N2. The number of nitrogens with zero attached hydrogens (tertiary/aromatic N) is 1. The van der Waals surface area contributed by atoms with Crippen LogP contribution in [-0.2, 0) is 0 Å². The molecule has 1 saturated heterocycles. The maximum atomic E-state index is 3.44. The number of nitrogens with one attached hydrogen (secondary N) is 1. The summed E-state index contributed by atoms with van der Waals surface area (Å²) in [6, 6.07) is 0. The van der Waals surface area contributed by atoms with Gasteiger partial charge in [0.2, 0.25) is 0 Å². The van der Waals surface area contributed by atoms with Crippen LogP contribution in [0.15, 0.2) is 0 Å². The lowest BCUT2D eigenvalue weighted by molar-refractivity contribution is -0.0991. The molecule has 1 N–H and O–H groups in total. The summed E-state index contributed by atoms with van der Waals surface area (Å²) in [6.45, 7) is 13.3. The van der Waals surface area contributed by atoms with Gasteiger partial charge in [-0.25, -0.2) is 0 Å². The van der Waals surface area contributed by atoms with Crippen molar-refractivity contribution in [2.75, 3.05) is 32.7 Å². The van der Waals surface area contributed by atoms with Crippen molar-refractivity contribution in [2.45, 2.75) is 40.0 Å². The summed E-state index contributed by atoms with van der Waals surface area (Å²) in [5.74, 6) is 1.86. The van der Waals surface area contributed by atoms with Crippen molar-refractivity contribution in [1.29, 1.82) is 0 Å². The van der Waals surface area contributed by atoms with Gasteiger partial charge in [-0.3, -0.25) is 0 Å². The van der Waals surface area contributed by atoms with E-state index in [1.807, 2.05) is 0 Å². The van der Waals surface area contributed by atoms with E-state index < -0.39 is 0 Å². The molecule has 0 radical (unpaired) electrons. The third-order valence-corrected chi connectivity index (χ3v) is 4.16. The second kappa shape index (κ2) is 5.05. The van der Waals surface area contributed by atoms with Gasteiger partial charge in [0.1, 0.15) is 0 Å². The zero-order valence-corrected chi connectivity index (χ0v) is 11.3. The van der Waals surface area contributed by atoms with Gasteiger partial charge < -0.3 is 10.2 Å². The number of hydrogen-bond acceptors (Lipinski definition) is 2. The molecule has 1 heterocycles. The van der Waals surface area contributed by atoms with E-state index in [9.17, 15) is 0 Å². The number of rotatable bonds is 6. The minimum absolute atomic E-state index is 0. The van der Waals surface area contributed by atoms with Crippen LogP contribution in [0.5, 0.6) is 0 Å². The Bertz CT molecular complexity index is 216. The third kappa shape index (κ3) is 2.78. The summed E-state index contributed by atoms with van der Waals surface area (Å²) in [7, 11) is 0. The van der Waals surface area contributed by atoms with Gasteiger partial charge in [-0.2, -0.15) is 0 Å². The van der Waals surface area contributed by atoms with Crippen LogP contribution < -0.4 is 5.32 Å². The first-order chi connectivity index (χ1) is 7.63. The summed E-state index contributed by atoms with van der Waals surface area (Å²) < 4.78 is 0. The fourth-order valence-electron chi connectivity index (χ4n) is 3.66. The van der Waals surface area contributed by atoms with Gasteiger partial charge in [0.15, 0.2) is 0 Å². The molecule has 96 valence electrons. The minimum Gasteiger partial charge on any atom is -0.317 e. The molecular weight excluding hydrogens is 196 g/mol. The Morgan fingerprint density at radius 2 is 2.06 bits per heavy atom. The topological polar surface area (TPSA) is 15.3 Å². The Morgan fingerprint density at radius 1 is 1.38 bits per heavy atom. The highest BCUT2D eigenvalue weighted by molar-refractivity contribution is 5.04. The van der Waals surface area contributed by atoms with Crippen molar-refractivity contribution >= 4 is 0 Å². The van der Waals surface area contributed by atoms with Crippen LogP contribution in [0.4, 0.5) is 0 Å². The van der Waals surface area contributed by atoms with Gasteiger partial charge >= 0.3 is 0 Å². The van der Waals surface area contributed by atoms with Crippen LogP contribution in [0.1, 0.15) is 41.5 Å². The molecule has 2 rings (SSSR count). The van der Waals surface area contributed by atoms with Gasteiger partial charge in [0.05, 0.1) is 0 Å². The summed E-state index contributed by atoms with van der Waals surface area (Å²) in [4.78, 5) is 2.64. The normalized spacial score (nSPS) is 24.8. The van der Waals surface area contributed by atoms with Crippen LogP contribution in [0.2, 0.25) is 0 Å². The minimum atomic E-state index is 0. The molecule has 0 aromatic heterocycles. The lowest BCUT2D eigenvalue weighted by Crippen LogP contribution is -2.62. The van der Waals surface area contributed by atoms with E-state index in [0.29, 0.717) is 0 Å². The summed E-state index contributed by atoms with van der Waals surface area (Å²) in [5.41, 5.74) is 0.770. The molecule has 0 bridgehead atoms. The molecule has 0 aromatic rings. The highest BCUT2D eigenvalue weighted by Crippen LogP contribution is 2.52. The van der Waals surface area contributed by atoms with E-state index in [1.54, 1.807) is 0 Å². The van der Waals surface area contributed by atoms with Crippen molar-refractivity contribution in [2.24, 2.45) is 17.3 Å². The molecule has 16 heavy (non-hydrogen) atoms. The predicted molar refractivity (Wildman–Crippen MR) is 71.7 cm³/mol. The zero-order valence-electron chi connectivity index (χ0n) is 11.3. The molecule has 1 aliphatic heterocycles. The lowest BCUT2D eigenvalue weighted by Gasteiger charge is -2.60. The van der Waals surface area contributed by atoms with Gasteiger partial charge in [-0.15, -0.1) is 0 Å². The summed E-state index contributed by atoms with van der Waals surface area (Å²) in [5, 5.41) is 3.44. The SMILES string of the molecule is CCNCCC1CC2(C1)CN(CC(C)C)C2.[HH]. The van der Waals surface area contributed by atoms with E-state index in [1.165, 1.54) is 45.4 Å². The lowest BCUT2D eigenvalue weighted by atomic mass is 9.57. The first-order valence-electron chi connectivity index (χ1n) is 7.06. The van der Waals surface area contributed by atoms with E-state index >= 15 is 0 Å². The molecule has 1 spiro atoms. The van der Waals surface area contributed by atoms with Gasteiger partial charge in [-0.05, 0) is 49.6 Å². The zero-order chi connectivity index (χ0) is 11.6. The average molecular weight is 226 g/mol. The summed E-state index contributed by atoms with van der Waals surface area (Å²) in [6.07, 6.45) is 4.42. The first-order valence-corrected chi connectivity index (χ1v) is 7.06. The number of likely N-dealkylation sites (tertiary alicyclic amines) is 1. The highest BCUT2D eigenvalue weighted by atomic mass is 15.2. The van der Waals surface area contributed by atoms with Gasteiger partial charge in [-0.1, -0.05) is 20.8 Å². The van der Waals surface area contributed by atoms with Crippen LogP contribution in [0.25, 0.3) is 0 Å². The van der Waals surface area contributed by atoms with Crippen LogP contribution in [0, 0.1) is 17.3 Å². The van der Waals surface area contributed by atoms with Crippen molar-refractivity contribution < 1.29 is 1.43 Å². The fraction of sp³-hybridized carbons (Fsp3) is 1.00. The largest absolute Gasteiger partial charge is 0.317 e.